The molecule has 1 aromatic carbocycles. The van der Waals surface area contributed by atoms with Crippen molar-refractivity contribution in [3.05, 3.63) is 34.1 Å². The zero-order chi connectivity index (χ0) is 12.1. The minimum atomic E-state index is -0.754. The molecule has 0 aromatic heterocycles. The first-order valence-electron chi connectivity index (χ1n) is 4.51. The van der Waals surface area contributed by atoms with Crippen molar-refractivity contribution >= 4 is 27.6 Å². The number of hydrazone groups is 1. The first-order chi connectivity index (χ1) is 7.61. The summed E-state index contributed by atoms with van der Waals surface area (Å²) in [6, 6.07) is 4.30. The second-order valence-electron chi connectivity index (χ2n) is 2.79. The molecule has 1 aromatic rings. The van der Waals surface area contributed by atoms with E-state index in [1.807, 2.05) is 0 Å². The van der Waals surface area contributed by atoms with E-state index >= 15 is 0 Å². The number of esters is 1. The van der Waals surface area contributed by atoms with E-state index in [9.17, 15) is 9.18 Å². The Kier molecular flexibility index (Phi) is 4.42. The van der Waals surface area contributed by atoms with Gasteiger partial charge in [0.1, 0.15) is 5.82 Å². The fourth-order valence-electron chi connectivity index (χ4n) is 1.14. The Morgan fingerprint density at radius 3 is 2.81 bits per heavy atom. The Hall–Kier alpha value is -1.43. The second kappa shape index (κ2) is 5.60. The average Bonchev–Trinajstić information content (AvgIpc) is 2.24. The Labute approximate surface area is 100 Å². The zero-order valence-electron chi connectivity index (χ0n) is 8.54. The normalized spacial score (nSPS) is 11.3. The molecule has 2 N–H and O–H groups in total. The van der Waals surface area contributed by atoms with Crippen LogP contribution >= 0.6 is 15.9 Å². The molecule has 0 bridgehead atoms. The third-order valence-corrected chi connectivity index (χ3v) is 2.46. The summed E-state index contributed by atoms with van der Waals surface area (Å²) >= 11 is 3.12. The molecule has 4 nitrogen and oxygen atoms in total. The molecule has 0 unspecified atom stereocenters. The Balaban J connectivity index is 3.20. The predicted octanol–water partition coefficient (Wildman–Crippen LogP) is 1.81. The van der Waals surface area contributed by atoms with Crippen LogP contribution in [0.2, 0.25) is 0 Å². The largest absolute Gasteiger partial charge is 0.461 e. The van der Waals surface area contributed by atoms with Crippen molar-refractivity contribution in [2.45, 2.75) is 6.92 Å². The van der Waals surface area contributed by atoms with Gasteiger partial charge in [-0.3, -0.25) is 0 Å². The van der Waals surface area contributed by atoms with Crippen LogP contribution in [0, 0.1) is 5.82 Å². The summed E-state index contributed by atoms with van der Waals surface area (Å²) in [5.41, 5.74) is -0.240. The molecule has 0 aliphatic carbocycles. The van der Waals surface area contributed by atoms with E-state index < -0.39 is 11.8 Å². The van der Waals surface area contributed by atoms with Gasteiger partial charge in [0.2, 0.25) is 0 Å². The molecule has 1 rings (SSSR count). The Bertz CT molecular complexity index is 415. The van der Waals surface area contributed by atoms with Crippen LogP contribution < -0.4 is 5.84 Å². The van der Waals surface area contributed by atoms with Crippen LogP contribution in [0.5, 0.6) is 0 Å². The summed E-state index contributed by atoms with van der Waals surface area (Å²) in [5.74, 6) is 3.73. The van der Waals surface area contributed by atoms with E-state index in [-0.39, 0.29) is 17.9 Å². The smallest absolute Gasteiger partial charge is 0.359 e. The number of ether oxygens (including phenoxy) is 1. The van der Waals surface area contributed by atoms with Gasteiger partial charge in [-0.1, -0.05) is 6.07 Å². The molecule has 86 valence electrons. The molecular weight excluding hydrogens is 279 g/mol. The van der Waals surface area contributed by atoms with Gasteiger partial charge in [-0.25, -0.2) is 9.18 Å². The van der Waals surface area contributed by atoms with Crippen molar-refractivity contribution in [2.24, 2.45) is 10.9 Å². The molecule has 6 heteroatoms. The number of benzene rings is 1. The SMILES string of the molecule is CCOC(=O)/C(=N/N)c1c(F)cccc1Br. The first kappa shape index (κ1) is 12.6. The monoisotopic (exact) mass is 288 g/mol. The summed E-state index contributed by atoms with van der Waals surface area (Å²) < 4.78 is 18.6. The second-order valence-corrected chi connectivity index (χ2v) is 3.65. The van der Waals surface area contributed by atoms with Crippen molar-refractivity contribution in [2.75, 3.05) is 6.61 Å². The van der Waals surface area contributed by atoms with Crippen molar-refractivity contribution in [3.8, 4) is 0 Å². The average molecular weight is 289 g/mol. The molecule has 0 aliphatic heterocycles. The topological polar surface area (TPSA) is 64.7 Å². The highest BCUT2D eigenvalue weighted by atomic mass is 79.9. The fraction of sp³-hybridized carbons (Fsp3) is 0.200. The zero-order valence-corrected chi connectivity index (χ0v) is 10.1. The standard InChI is InChI=1S/C10H10BrFN2O2/c1-2-16-10(15)9(14-13)8-6(11)4-3-5-7(8)12/h3-5H,2,13H2,1H3/b14-9+. The van der Waals surface area contributed by atoms with E-state index in [4.69, 9.17) is 10.6 Å². The number of hydrogen-bond donors (Lipinski definition) is 1. The van der Waals surface area contributed by atoms with E-state index in [1.54, 1.807) is 13.0 Å². The first-order valence-corrected chi connectivity index (χ1v) is 5.30. The Morgan fingerprint density at radius 2 is 2.31 bits per heavy atom. The minimum Gasteiger partial charge on any atom is -0.461 e. The van der Waals surface area contributed by atoms with Crippen LogP contribution in [0.1, 0.15) is 12.5 Å². The molecule has 0 fully saturated rings. The third kappa shape index (κ3) is 2.57. The predicted molar refractivity (Wildman–Crippen MR) is 61.5 cm³/mol. The molecule has 0 spiro atoms. The van der Waals surface area contributed by atoms with Crippen LogP contribution in [-0.4, -0.2) is 18.3 Å². The highest BCUT2D eigenvalue weighted by molar-refractivity contribution is 9.10. The fourth-order valence-corrected chi connectivity index (χ4v) is 1.67. The summed E-state index contributed by atoms with van der Waals surface area (Å²) in [6.07, 6.45) is 0. The molecule has 16 heavy (non-hydrogen) atoms. The van der Waals surface area contributed by atoms with Gasteiger partial charge in [-0.05, 0) is 35.0 Å². The number of carbonyl (C=O) groups is 1. The molecule has 0 radical (unpaired) electrons. The summed E-state index contributed by atoms with van der Waals surface area (Å²) in [6.45, 7) is 1.81. The summed E-state index contributed by atoms with van der Waals surface area (Å²) in [5, 5.41) is 3.27. The number of rotatable bonds is 3. The molecule has 0 saturated carbocycles. The van der Waals surface area contributed by atoms with Crippen molar-refractivity contribution in [1.29, 1.82) is 0 Å². The lowest BCUT2D eigenvalue weighted by molar-refractivity contribution is -0.134. The van der Waals surface area contributed by atoms with Gasteiger partial charge in [-0.2, -0.15) is 5.10 Å². The van der Waals surface area contributed by atoms with E-state index in [2.05, 4.69) is 21.0 Å². The minimum absolute atomic E-state index is 0.00319. The van der Waals surface area contributed by atoms with Gasteiger partial charge in [0.15, 0.2) is 5.71 Å². The van der Waals surface area contributed by atoms with E-state index in [0.29, 0.717) is 4.47 Å². The van der Waals surface area contributed by atoms with Crippen molar-refractivity contribution in [1.82, 2.24) is 0 Å². The van der Waals surface area contributed by atoms with Gasteiger partial charge in [0, 0.05) is 4.47 Å². The van der Waals surface area contributed by atoms with Gasteiger partial charge in [0.25, 0.3) is 0 Å². The lowest BCUT2D eigenvalue weighted by atomic mass is 10.1. The lowest BCUT2D eigenvalue weighted by Gasteiger charge is -2.07. The number of halogens is 2. The molecule has 0 saturated heterocycles. The van der Waals surface area contributed by atoms with E-state index in [0.717, 1.165) is 0 Å². The maximum absolute atomic E-state index is 13.5. The molecule has 0 heterocycles. The van der Waals surface area contributed by atoms with Gasteiger partial charge >= 0.3 is 5.97 Å². The lowest BCUT2D eigenvalue weighted by Crippen LogP contribution is -2.22. The van der Waals surface area contributed by atoms with Crippen LogP contribution in [0.25, 0.3) is 0 Å². The maximum atomic E-state index is 13.5. The van der Waals surface area contributed by atoms with Gasteiger partial charge in [0.05, 0.1) is 12.2 Å². The summed E-state index contributed by atoms with van der Waals surface area (Å²) in [4.78, 5) is 11.5. The van der Waals surface area contributed by atoms with Crippen molar-refractivity contribution in [3.63, 3.8) is 0 Å². The molecule has 0 amide bonds. The van der Waals surface area contributed by atoms with E-state index in [1.165, 1.54) is 12.1 Å². The highest BCUT2D eigenvalue weighted by Gasteiger charge is 2.21. The van der Waals surface area contributed by atoms with Crippen LogP contribution in [-0.2, 0) is 9.53 Å². The maximum Gasteiger partial charge on any atom is 0.359 e. The number of nitrogens with two attached hydrogens (primary N) is 1. The highest BCUT2D eigenvalue weighted by Crippen LogP contribution is 2.20. The van der Waals surface area contributed by atoms with Crippen molar-refractivity contribution < 1.29 is 13.9 Å². The number of carbonyl (C=O) groups excluding carboxylic acids is 1. The molecular formula is C10H10BrFN2O2. The molecule has 0 aliphatic rings. The Morgan fingerprint density at radius 1 is 1.62 bits per heavy atom. The number of hydrogen-bond acceptors (Lipinski definition) is 4. The summed E-state index contributed by atoms with van der Waals surface area (Å²) in [7, 11) is 0. The van der Waals surface area contributed by atoms with Crippen LogP contribution in [0.3, 0.4) is 0 Å². The van der Waals surface area contributed by atoms with Crippen LogP contribution in [0.4, 0.5) is 4.39 Å². The van der Waals surface area contributed by atoms with Crippen LogP contribution in [0.15, 0.2) is 27.8 Å². The third-order valence-electron chi connectivity index (χ3n) is 1.80. The van der Waals surface area contributed by atoms with Gasteiger partial charge in [-0.15, -0.1) is 0 Å². The quantitative estimate of drug-likeness (QED) is 0.399. The number of nitrogens with zero attached hydrogens (tertiary/aromatic N) is 1. The van der Waals surface area contributed by atoms with Gasteiger partial charge < -0.3 is 10.6 Å². The molecule has 0 atom stereocenters.